The van der Waals surface area contributed by atoms with Gasteiger partial charge in [0.25, 0.3) is 0 Å². The largest absolute Gasteiger partial charge is 0.356 e. The number of nitrogens with zero attached hydrogens (tertiary/aromatic N) is 4. The molecule has 0 amide bonds. The van der Waals surface area contributed by atoms with Crippen molar-refractivity contribution < 1.29 is 0 Å². The summed E-state index contributed by atoms with van der Waals surface area (Å²) >= 11 is 0. The van der Waals surface area contributed by atoms with Crippen LogP contribution < -0.4 is 10.6 Å². The first-order valence-electron chi connectivity index (χ1n) is 10.3. The SMILES string of the molecule is CN=C(NCC(C)(C)Cc1ccccc1)NC1CCc2nc(C(C)C)nn2C1. The molecule has 1 aromatic carbocycles. The first-order valence-corrected chi connectivity index (χ1v) is 10.3. The number of rotatable bonds is 6. The van der Waals surface area contributed by atoms with Crippen LogP contribution in [-0.4, -0.2) is 40.4 Å². The Bertz CT molecular complexity index is 791. The van der Waals surface area contributed by atoms with Crippen LogP contribution >= 0.6 is 0 Å². The van der Waals surface area contributed by atoms with Gasteiger partial charge in [-0.05, 0) is 23.8 Å². The second kappa shape index (κ2) is 8.76. The molecule has 1 aromatic heterocycles. The molecule has 1 unspecified atom stereocenters. The molecule has 6 nitrogen and oxygen atoms in total. The molecule has 0 fully saturated rings. The lowest BCUT2D eigenvalue weighted by Gasteiger charge is -2.29. The van der Waals surface area contributed by atoms with Crippen LogP contribution in [-0.2, 0) is 19.4 Å². The molecule has 152 valence electrons. The van der Waals surface area contributed by atoms with Crippen LogP contribution in [0.5, 0.6) is 0 Å². The van der Waals surface area contributed by atoms with Crippen LogP contribution in [0.2, 0.25) is 0 Å². The van der Waals surface area contributed by atoms with Crippen molar-refractivity contribution in [1.82, 2.24) is 25.4 Å². The van der Waals surface area contributed by atoms with Crippen molar-refractivity contribution >= 4 is 5.96 Å². The number of aromatic nitrogens is 3. The smallest absolute Gasteiger partial charge is 0.191 e. The summed E-state index contributed by atoms with van der Waals surface area (Å²) in [5, 5.41) is 11.8. The highest BCUT2D eigenvalue weighted by Gasteiger charge is 2.24. The van der Waals surface area contributed by atoms with E-state index in [0.717, 1.165) is 50.0 Å². The van der Waals surface area contributed by atoms with Crippen molar-refractivity contribution in [3.63, 3.8) is 0 Å². The van der Waals surface area contributed by atoms with E-state index in [1.807, 2.05) is 7.05 Å². The zero-order chi connectivity index (χ0) is 20.1. The lowest BCUT2D eigenvalue weighted by atomic mass is 9.86. The van der Waals surface area contributed by atoms with E-state index >= 15 is 0 Å². The third kappa shape index (κ3) is 5.33. The molecule has 2 heterocycles. The molecule has 1 aliphatic heterocycles. The van der Waals surface area contributed by atoms with Gasteiger partial charge < -0.3 is 10.6 Å². The van der Waals surface area contributed by atoms with Gasteiger partial charge in [0, 0.05) is 32.0 Å². The van der Waals surface area contributed by atoms with Gasteiger partial charge in [-0.1, -0.05) is 58.0 Å². The average molecular weight is 383 g/mol. The minimum Gasteiger partial charge on any atom is -0.356 e. The second-order valence-electron chi connectivity index (χ2n) is 8.86. The number of benzene rings is 1. The zero-order valence-corrected chi connectivity index (χ0v) is 17.9. The molecule has 2 N–H and O–H groups in total. The van der Waals surface area contributed by atoms with E-state index < -0.39 is 0 Å². The molecule has 1 aliphatic rings. The van der Waals surface area contributed by atoms with E-state index in [1.54, 1.807) is 0 Å². The molecule has 0 radical (unpaired) electrons. The van der Waals surface area contributed by atoms with E-state index in [4.69, 9.17) is 0 Å². The number of aryl methyl sites for hydroxylation is 1. The number of hydrogen-bond acceptors (Lipinski definition) is 3. The van der Waals surface area contributed by atoms with Gasteiger partial charge in [-0.2, -0.15) is 5.10 Å². The average Bonchev–Trinajstić information content (AvgIpc) is 3.09. The van der Waals surface area contributed by atoms with Gasteiger partial charge in [0.1, 0.15) is 5.82 Å². The van der Waals surface area contributed by atoms with E-state index in [-0.39, 0.29) is 5.41 Å². The fourth-order valence-electron chi connectivity index (χ4n) is 3.61. The summed E-state index contributed by atoms with van der Waals surface area (Å²) in [5.41, 5.74) is 1.50. The Balaban J connectivity index is 1.53. The Kier molecular flexibility index (Phi) is 6.37. The topological polar surface area (TPSA) is 67.1 Å². The predicted molar refractivity (Wildman–Crippen MR) is 115 cm³/mol. The van der Waals surface area contributed by atoms with Crippen molar-refractivity contribution in [2.75, 3.05) is 13.6 Å². The highest BCUT2D eigenvalue weighted by molar-refractivity contribution is 5.80. The lowest BCUT2D eigenvalue weighted by molar-refractivity contribution is 0.353. The summed E-state index contributed by atoms with van der Waals surface area (Å²) in [6, 6.07) is 11.0. The highest BCUT2D eigenvalue weighted by Crippen LogP contribution is 2.21. The predicted octanol–water partition coefficient (Wildman–Crippen LogP) is 3.15. The van der Waals surface area contributed by atoms with Crippen LogP contribution in [0.1, 0.15) is 57.2 Å². The van der Waals surface area contributed by atoms with Crippen molar-refractivity contribution in [3.05, 3.63) is 47.5 Å². The lowest BCUT2D eigenvalue weighted by Crippen LogP contribution is -2.49. The molecule has 0 bridgehead atoms. The third-order valence-electron chi connectivity index (χ3n) is 5.22. The Morgan fingerprint density at radius 3 is 2.71 bits per heavy atom. The number of hydrogen-bond donors (Lipinski definition) is 2. The molecular weight excluding hydrogens is 348 g/mol. The van der Waals surface area contributed by atoms with Crippen LogP contribution in [0.25, 0.3) is 0 Å². The maximum Gasteiger partial charge on any atom is 0.191 e. The molecule has 2 aromatic rings. The Hall–Kier alpha value is -2.37. The first-order chi connectivity index (χ1) is 13.4. The third-order valence-corrected chi connectivity index (χ3v) is 5.22. The van der Waals surface area contributed by atoms with E-state index in [0.29, 0.717) is 12.0 Å². The summed E-state index contributed by atoms with van der Waals surface area (Å²) in [5.74, 6) is 3.28. The van der Waals surface area contributed by atoms with Crippen LogP contribution in [0, 0.1) is 5.41 Å². The molecule has 0 spiro atoms. The van der Waals surface area contributed by atoms with Gasteiger partial charge in [-0.25, -0.2) is 9.67 Å². The van der Waals surface area contributed by atoms with Crippen LogP contribution in [0.3, 0.4) is 0 Å². The number of fused-ring (bicyclic) bond motifs is 1. The molecule has 0 saturated heterocycles. The standard InChI is InChI=1S/C22H34N6/c1-16(2)20-26-19-12-11-18(14-28(19)27-20)25-21(23-5)24-15-22(3,4)13-17-9-7-6-8-10-17/h6-10,16,18H,11-15H2,1-5H3,(H2,23,24,25). The van der Waals surface area contributed by atoms with Crippen molar-refractivity contribution in [3.8, 4) is 0 Å². The first kappa shape index (κ1) is 20.4. The summed E-state index contributed by atoms with van der Waals surface area (Å²) in [4.78, 5) is 9.10. The summed E-state index contributed by atoms with van der Waals surface area (Å²) < 4.78 is 2.06. The number of nitrogens with one attached hydrogen (secondary N) is 2. The zero-order valence-electron chi connectivity index (χ0n) is 17.9. The van der Waals surface area contributed by atoms with Crippen LogP contribution in [0.4, 0.5) is 0 Å². The normalized spacial score (nSPS) is 17.5. The Morgan fingerprint density at radius 1 is 1.29 bits per heavy atom. The van der Waals surface area contributed by atoms with Gasteiger partial charge >= 0.3 is 0 Å². The van der Waals surface area contributed by atoms with Crippen molar-refractivity contribution in [2.45, 2.75) is 65.5 Å². The quantitative estimate of drug-likeness (QED) is 0.595. The van der Waals surface area contributed by atoms with E-state index in [2.05, 4.69) is 88.4 Å². The van der Waals surface area contributed by atoms with Gasteiger partial charge in [-0.15, -0.1) is 0 Å². The van der Waals surface area contributed by atoms with Gasteiger partial charge in [0.15, 0.2) is 11.8 Å². The summed E-state index contributed by atoms with van der Waals surface area (Å²) in [6.45, 7) is 10.6. The maximum absolute atomic E-state index is 4.67. The summed E-state index contributed by atoms with van der Waals surface area (Å²) in [7, 11) is 1.83. The van der Waals surface area contributed by atoms with Gasteiger partial charge in [0.2, 0.25) is 0 Å². The minimum atomic E-state index is 0.136. The fourth-order valence-corrected chi connectivity index (χ4v) is 3.61. The van der Waals surface area contributed by atoms with Gasteiger partial charge in [-0.3, -0.25) is 4.99 Å². The monoisotopic (exact) mass is 382 g/mol. The number of guanidine groups is 1. The fraction of sp³-hybridized carbons (Fsp3) is 0.591. The molecule has 0 aliphatic carbocycles. The molecule has 0 saturated carbocycles. The molecule has 3 rings (SSSR count). The minimum absolute atomic E-state index is 0.136. The molecular formula is C22H34N6. The molecule has 6 heteroatoms. The molecule has 28 heavy (non-hydrogen) atoms. The van der Waals surface area contributed by atoms with Crippen LogP contribution in [0.15, 0.2) is 35.3 Å². The van der Waals surface area contributed by atoms with Gasteiger partial charge in [0.05, 0.1) is 6.54 Å². The van der Waals surface area contributed by atoms with Crippen molar-refractivity contribution in [2.24, 2.45) is 10.4 Å². The van der Waals surface area contributed by atoms with E-state index in [9.17, 15) is 0 Å². The Labute approximate surface area is 168 Å². The number of aliphatic imine (C=N–C) groups is 1. The van der Waals surface area contributed by atoms with Crippen molar-refractivity contribution in [1.29, 1.82) is 0 Å². The molecule has 1 atom stereocenters. The highest BCUT2D eigenvalue weighted by atomic mass is 15.4. The Morgan fingerprint density at radius 2 is 2.04 bits per heavy atom. The summed E-state index contributed by atoms with van der Waals surface area (Å²) in [6.07, 6.45) is 3.03. The second-order valence-corrected chi connectivity index (χ2v) is 8.86. The van der Waals surface area contributed by atoms with E-state index in [1.165, 1.54) is 5.56 Å². The maximum atomic E-state index is 4.67.